The van der Waals surface area contributed by atoms with Crippen molar-refractivity contribution in [2.45, 2.75) is 25.8 Å². The number of hydrogen-bond acceptors (Lipinski definition) is 6. The average molecular weight is 422 g/mol. The van der Waals surface area contributed by atoms with Crippen LogP contribution in [-0.2, 0) is 16.0 Å². The van der Waals surface area contributed by atoms with Crippen molar-refractivity contribution in [2.24, 2.45) is 5.10 Å². The molecule has 152 valence electrons. The molecule has 2 heterocycles. The molecule has 0 saturated heterocycles. The highest BCUT2D eigenvalue weighted by Crippen LogP contribution is 2.26. The van der Waals surface area contributed by atoms with Gasteiger partial charge in [0.25, 0.3) is 5.91 Å². The number of carbonyl (C=O) groups is 2. The second-order valence-electron chi connectivity index (χ2n) is 6.91. The van der Waals surface area contributed by atoms with Crippen LogP contribution in [0.4, 0.5) is 15.2 Å². The molecule has 0 fully saturated rings. The Morgan fingerprint density at radius 2 is 1.90 bits per heavy atom. The Morgan fingerprint density at radius 3 is 2.63 bits per heavy atom. The molecule has 0 bridgehead atoms. The van der Waals surface area contributed by atoms with Crippen molar-refractivity contribution in [2.75, 3.05) is 10.3 Å². The quantitative estimate of drug-likeness (QED) is 0.651. The summed E-state index contributed by atoms with van der Waals surface area (Å²) in [4.78, 5) is 29.8. The van der Waals surface area contributed by atoms with Gasteiger partial charge in [-0.25, -0.2) is 9.37 Å². The van der Waals surface area contributed by atoms with Crippen molar-refractivity contribution >= 4 is 39.6 Å². The molecular weight excluding hydrogens is 403 g/mol. The number of anilines is 2. The monoisotopic (exact) mass is 422 g/mol. The zero-order valence-corrected chi connectivity index (χ0v) is 17.0. The average Bonchev–Trinajstić information content (AvgIpc) is 3.38. The largest absolute Gasteiger partial charge is 0.298 e. The van der Waals surface area contributed by atoms with Crippen LogP contribution in [0.3, 0.4) is 0 Å². The molecule has 3 aromatic rings. The van der Waals surface area contributed by atoms with Crippen LogP contribution in [0.25, 0.3) is 0 Å². The fraction of sp³-hybridized carbons (Fsp3) is 0.182. The molecule has 2 aromatic carbocycles. The van der Waals surface area contributed by atoms with Gasteiger partial charge in [0.2, 0.25) is 0 Å². The van der Waals surface area contributed by atoms with Crippen molar-refractivity contribution in [1.82, 2.24) is 4.98 Å². The molecule has 6 nitrogen and oxygen atoms in total. The van der Waals surface area contributed by atoms with Gasteiger partial charge in [-0.15, -0.1) is 11.3 Å². The number of aromatic nitrogens is 1. The lowest BCUT2D eigenvalue weighted by molar-refractivity contribution is -0.118. The van der Waals surface area contributed by atoms with Gasteiger partial charge in [-0.3, -0.25) is 19.9 Å². The first-order valence-electron chi connectivity index (χ1n) is 9.43. The first kappa shape index (κ1) is 19.9. The van der Waals surface area contributed by atoms with E-state index in [1.807, 2.05) is 30.3 Å². The number of carbonyl (C=O) groups excluding carboxylic acids is 2. The molecule has 0 radical (unpaired) electrons. The predicted octanol–water partition coefficient (Wildman–Crippen LogP) is 4.04. The number of hydrazone groups is 1. The second-order valence-corrected chi connectivity index (χ2v) is 8.03. The minimum Gasteiger partial charge on any atom is -0.298 e. The number of hydrogen-bond donors (Lipinski definition) is 1. The minimum absolute atomic E-state index is 0.0631. The number of thiazole rings is 1. The van der Waals surface area contributed by atoms with Crippen LogP contribution >= 0.6 is 11.3 Å². The third-order valence-corrected chi connectivity index (χ3v) is 5.67. The number of rotatable bonds is 6. The van der Waals surface area contributed by atoms with Crippen molar-refractivity contribution in [3.05, 3.63) is 77.1 Å². The van der Waals surface area contributed by atoms with Crippen molar-refractivity contribution in [1.29, 1.82) is 0 Å². The highest BCUT2D eigenvalue weighted by molar-refractivity contribution is 7.15. The van der Waals surface area contributed by atoms with Gasteiger partial charge in [-0.2, -0.15) is 5.10 Å². The minimum atomic E-state index is -0.513. The highest BCUT2D eigenvalue weighted by atomic mass is 32.1. The second kappa shape index (κ2) is 8.54. The van der Waals surface area contributed by atoms with E-state index in [0.717, 1.165) is 10.6 Å². The first-order chi connectivity index (χ1) is 14.5. The molecule has 1 aliphatic rings. The van der Waals surface area contributed by atoms with E-state index in [2.05, 4.69) is 15.4 Å². The number of benzene rings is 2. The molecule has 1 unspecified atom stereocenters. The van der Waals surface area contributed by atoms with Crippen LogP contribution in [0.2, 0.25) is 0 Å². The van der Waals surface area contributed by atoms with E-state index in [9.17, 15) is 14.0 Å². The number of amides is 1. The highest BCUT2D eigenvalue weighted by Gasteiger charge is 2.34. The van der Waals surface area contributed by atoms with Gasteiger partial charge in [-0.05, 0) is 30.7 Å². The molecule has 1 aliphatic heterocycles. The van der Waals surface area contributed by atoms with Crippen LogP contribution in [0, 0.1) is 5.82 Å². The Labute approximate surface area is 177 Å². The van der Waals surface area contributed by atoms with Crippen LogP contribution in [0.1, 0.15) is 23.8 Å². The Morgan fingerprint density at radius 1 is 1.17 bits per heavy atom. The topological polar surface area (TPSA) is 74.7 Å². The van der Waals surface area contributed by atoms with E-state index in [1.54, 1.807) is 29.4 Å². The summed E-state index contributed by atoms with van der Waals surface area (Å²) >= 11 is 1.28. The van der Waals surface area contributed by atoms with Crippen molar-refractivity contribution in [3.8, 4) is 0 Å². The van der Waals surface area contributed by atoms with E-state index >= 15 is 0 Å². The molecule has 1 atom stereocenters. The van der Waals surface area contributed by atoms with E-state index < -0.39 is 11.9 Å². The number of nitrogens with zero attached hydrogens (tertiary/aromatic N) is 3. The summed E-state index contributed by atoms with van der Waals surface area (Å²) in [5.74, 6) is -0.730. The molecule has 0 aliphatic carbocycles. The summed E-state index contributed by atoms with van der Waals surface area (Å²) in [6.45, 7) is 1.49. The molecule has 1 aromatic heterocycles. The van der Waals surface area contributed by atoms with E-state index in [4.69, 9.17) is 0 Å². The fourth-order valence-electron chi connectivity index (χ4n) is 3.23. The molecule has 0 saturated carbocycles. The van der Waals surface area contributed by atoms with Gasteiger partial charge in [0, 0.05) is 23.9 Å². The molecule has 1 amide bonds. The summed E-state index contributed by atoms with van der Waals surface area (Å²) in [5.41, 5.74) is 1.59. The number of Topliss-reactive ketones (excluding diaryl/α,β-unsaturated/α-hetero) is 1. The van der Waals surface area contributed by atoms with Gasteiger partial charge in [-0.1, -0.05) is 36.4 Å². The fourth-order valence-corrected chi connectivity index (χ4v) is 4.06. The molecular formula is C22H19FN4O2S. The zero-order valence-electron chi connectivity index (χ0n) is 16.2. The Hall–Kier alpha value is -3.39. The molecule has 1 N–H and O–H groups in total. The Kier molecular flexibility index (Phi) is 5.67. The summed E-state index contributed by atoms with van der Waals surface area (Å²) in [7, 11) is 0. The summed E-state index contributed by atoms with van der Waals surface area (Å²) in [6, 6.07) is 15.3. The number of ketones is 1. The van der Waals surface area contributed by atoms with Crippen LogP contribution in [0.15, 0.2) is 65.9 Å². The number of nitrogens with one attached hydrogen (secondary N) is 1. The maximum atomic E-state index is 13.8. The lowest BCUT2D eigenvalue weighted by atomic mass is 10.1. The van der Waals surface area contributed by atoms with Gasteiger partial charge in [0.15, 0.2) is 10.9 Å². The number of para-hydroxylation sites is 1. The van der Waals surface area contributed by atoms with E-state index in [0.29, 0.717) is 17.1 Å². The van der Waals surface area contributed by atoms with Crippen LogP contribution in [-0.4, -0.2) is 28.4 Å². The summed E-state index contributed by atoms with van der Waals surface area (Å²) in [6.07, 6.45) is 2.25. The van der Waals surface area contributed by atoms with E-state index in [1.165, 1.54) is 24.3 Å². The third-order valence-electron chi connectivity index (χ3n) is 4.76. The van der Waals surface area contributed by atoms with E-state index in [-0.39, 0.29) is 23.7 Å². The lowest BCUT2D eigenvalue weighted by Crippen LogP contribution is -2.33. The Balaban J connectivity index is 1.47. The lowest BCUT2D eigenvalue weighted by Gasteiger charge is -2.20. The molecule has 4 rings (SSSR count). The first-order valence-corrected chi connectivity index (χ1v) is 10.2. The van der Waals surface area contributed by atoms with Gasteiger partial charge in [0.1, 0.15) is 17.6 Å². The van der Waals surface area contributed by atoms with Gasteiger partial charge >= 0.3 is 0 Å². The van der Waals surface area contributed by atoms with Crippen LogP contribution in [0.5, 0.6) is 0 Å². The van der Waals surface area contributed by atoms with Crippen LogP contribution < -0.4 is 10.3 Å². The molecule has 8 heteroatoms. The predicted molar refractivity (Wildman–Crippen MR) is 115 cm³/mol. The summed E-state index contributed by atoms with van der Waals surface area (Å²) in [5, 5.41) is 9.12. The third kappa shape index (κ3) is 4.28. The zero-order chi connectivity index (χ0) is 21.1. The maximum Gasteiger partial charge on any atom is 0.273 e. The Bertz CT molecular complexity index is 1110. The molecule has 30 heavy (non-hydrogen) atoms. The normalized spacial score (nSPS) is 15.7. The maximum absolute atomic E-state index is 13.8. The van der Waals surface area contributed by atoms with Gasteiger partial charge in [0.05, 0.1) is 5.69 Å². The smallest absolute Gasteiger partial charge is 0.273 e. The van der Waals surface area contributed by atoms with Crippen molar-refractivity contribution < 1.29 is 14.0 Å². The standard InChI is InChI=1S/C22H19FN4O2S/c1-14(28)20-12-19(26-27(20)16-8-3-2-4-9-16)21(29)25-22-24-13-17(30-22)11-15-7-5-6-10-18(15)23/h2-10,13,20H,11-12H2,1H3,(H,24,25,29). The summed E-state index contributed by atoms with van der Waals surface area (Å²) < 4.78 is 13.8. The van der Waals surface area contributed by atoms with Gasteiger partial charge < -0.3 is 0 Å². The van der Waals surface area contributed by atoms with Crippen molar-refractivity contribution in [3.63, 3.8) is 0 Å². The molecule has 0 spiro atoms. The SMILES string of the molecule is CC(=O)C1CC(C(=O)Nc2ncc(Cc3ccccc3F)s2)=NN1c1ccccc1. The number of halogens is 1.